The molecule has 0 radical (unpaired) electrons. The second kappa shape index (κ2) is 10.7. The van der Waals surface area contributed by atoms with E-state index in [1.54, 1.807) is 21.3 Å². The fraction of sp³-hybridized carbons (Fsp3) is 1.00. The zero-order chi connectivity index (χ0) is 15.6. The molecule has 0 aliphatic carbocycles. The van der Waals surface area contributed by atoms with Crippen molar-refractivity contribution in [2.45, 2.75) is 38.6 Å². The van der Waals surface area contributed by atoms with Crippen molar-refractivity contribution < 1.29 is 13.3 Å². The monoisotopic (exact) mass is 319 g/mol. The van der Waals surface area contributed by atoms with E-state index in [2.05, 4.69) is 22.1 Å². The number of hydrogen-bond donors (Lipinski definition) is 2. The Hall–Kier alpha value is -0.0231. The zero-order valence-electron chi connectivity index (χ0n) is 14.1. The predicted octanol–water partition coefficient (Wildman–Crippen LogP) is 0.805. The molecular formula is C14H33N3O3Si. The Morgan fingerprint density at radius 2 is 1.62 bits per heavy atom. The van der Waals surface area contributed by atoms with Crippen LogP contribution in [0, 0.1) is 0 Å². The van der Waals surface area contributed by atoms with Gasteiger partial charge in [0.1, 0.15) is 0 Å². The SMILES string of the molecule is CCC1CNCCN1.CO[Si](OC)(OC)N1CCCCC1. The van der Waals surface area contributed by atoms with E-state index in [-0.39, 0.29) is 0 Å². The normalized spacial score (nSPS) is 24.3. The molecule has 0 bridgehead atoms. The second-order valence-corrected chi connectivity index (χ2v) is 8.35. The highest BCUT2D eigenvalue weighted by atomic mass is 28.4. The average Bonchev–Trinajstić information content (AvgIpc) is 2.59. The summed E-state index contributed by atoms with van der Waals surface area (Å²) >= 11 is 0. The molecule has 7 heteroatoms. The largest absolute Gasteiger partial charge is 0.598 e. The first-order valence-corrected chi connectivity index (χ1v) is 9.74. The molecule has 1 atom stereocenters. The lowest BCUT2D eigenvalue weighted by Crippen LogP contribution is -2.60. The summed E-state index contributed by atoms with van der Waals surface area (Å²) in [5.41, 5.74) is 0. The number of piperidine rings is 1. The summed E-state index contributed by atoms with van der Waals surface area (Å²) in [6, 6.07) is 0.726. The third-order valence-corrected chi connectivity index (χ3v) is 6.91. The molecule has 2 aliphatic heterocycles. The van der Waals surface area contributed by atoms with E-state index in [9.17, 15) is 0 Å². The molecule has 0 aromatic rings. The lowest BCUT2D eigenvalue weighted by molar-refractivity contribution is 0.0507. The molecule has 2 saturated heterocycles. The Bertz CT molecular complexity index is 248. The van der Waals surface area contributed by atoms with Crippen molar-refractivity contribution >= 4 is 8.97 Å². The summed E-state index contributed by atoms with van der Waals surface area (Å²) in [6.45, 7) is 7.69. The molecule has 6 nitrogen and oxygen atoms in total. The van der Waals surface area contributed by atoms with Crippen molar-refractivity contribution in [1.82, 2.24) is 15.2 Å². The van der Waals surface area contributed by atoms with Gasteiger partial charge in [-0.2, -0.15) is 0 Å². The van der Waals surface area contributed by atoms with Crippen LogP contribution in [0.4, 0.5) is 0 Å². The van der Waals surface area contributed by atoms with Crippen molar-refractivity contribution in [2.24, 2.45) is 0 Å². The summed E-state index contributed by atoms with van der Waals surface area (Å²) in [4.78, 5) is 0. The molecule has 0 saturated carbocycles. The third-order valence-electron chi connectivity index (χ3n) is 4.14. The first-order valence-electron chi connectivity index (χ1n) is 8.07. The standard InChI is InChI=1S/C8H19NO3Si.C6H14N2/c1-10-13(11-2,12-3)9-7-5-4-6-8-9;1-2-6-5-7-3-4-8-6/h4-8H2,1-3H3;6-8H,2-5H2,1H3. The van der Waals surface area contributed by atoms with Gasteiger partial charge in [0.25, 0.3) is 0 Å². The minimum Gasteiger partial charge on any atom is -0.364 e. The minimum absolute atomic E-state index is 0.726. The van der Waals surface area contributed by atoms with Crippen LogP contribution >= 0.6 is 0 Å². The molecule has 2 heterocycles. The van der Waals surface area contributed by atoms with Gasteiger partial charge in [-0.15, -0.1) is 0 Å². The Kier molecular flexibility index (Phi) is 9.66. The molecule has 1 unspecified atom stereocenters. The zero-order valence-corrected chi connectivity index (χ0v) is 15.1. The molecular weight excluding hydrogens is 286 g/mol. The predicted molar refractivity (Wildman–Crippen MR) is 87.2 cm³/mol. The van der Waals surface area contributed by atoms with Gasteiger partial charge in [0.15, 0.2) is 0 Å². The molecule has 0 amide bonds. The van der Waals surface area contributed by atoms with Gasteiger partial charge in [0.05, 0.1) is 0 Å². The van der Waals surface area contributed by atoms with E-state index >= 15 is 0 Å². The maximum Gasteiger partial charge on any atom is 0.598 e. The fourth-order valence-corrected chi connectivity index (χ4v) is 4.95. The Morgan fingerprint density at radius 1 is 1.00 bits per heavy atom. The molecule has 2 fully saturated rings. The van der Waals surface area contributed by atoms with Crippen LogP contribution < -0.4 is 10.6 Å². The molecule has 21 heavy (non-hydrogen) atoms. The summed E-state index contributed by atoms with van der Waals surface area (Å²) in [7, 11) is 2.50. The topological polar surface area (TPSA) is 55.0 Å². The van der Waals surface area contributed by atoms with Crippen LogP contribution in [0.5, 0.6) is 0 Å². The van der Waals surface area contributed by atoms with Gasteiger partial charge in [-0.1, -0.05) is 13.3 Å². The van der Waals surface area contributed by atoms with E-state index in [1.165, 1.54) is 25.7 Å². The summed E-state index contributed by atoms with van der Waals surface area (Å²) < 4.78 is 18.4. The van der Waals surface area contributed by atoms with E-state index in [0.717, 1.165) is 38.8 Å². The molecule has 126 valence electrons. The van der Waals surface area contributed by atoms with E-state index in [4.69, 9.17) is 13.3 Å². The number of nitrogens with one attached hydrogen (secondary N) is 2. The maximum absolute atomic E-state index is 5.40. The van der Waals surface area contributed by atoms with Crippen molar-refractivity contribution in [1.29, 1.82) is 0 Å². The lowest BCUT2D eigenvalue weighted by atomic mass is 10.2. The number of rotatable bonds is 5. The second-order valence-electron chi connectivity index (χ2n) is 5.45. The van der Waals surface area contributed by atoms with E-state index < -0.39 is 8.97 Å². The number of nitrogens with zero attached hydrogens (tertiary/aromatic N) is 1. The number of hydrogen-bond acceptors (Lipinski definition) is 6. The average molecular weight is 320 g/mol. The van der Waals surface area contributed by atoms with E-state index in [1.807, 2.05) is 0 Å². The Balaban J connectivity index is 0.000000235. The fourth-order valence-electron chi connectivity index (χ4n) is 2.81. The van der Waals surface area contributed by atoms with Gasteiger partial charge in [-0.3, -0.25) is 4.57 Å². The maximum atomic E-state index is 5.40. The van der Waals surface area contributed by atoms with Crippen molar-refractivity contribution in [2.75, 3.05) is 54.1 Å². The van der Waals surface area contributed by atoms with Crippen LogP contribution in [0.1, 0.15) is 32.6 Å². The van der Waals surface area contributed by atoms with Gasteiger partial charge in [-0.25, -0.2) is 0 Å². The van der Waals surface area contributed by atoms with Gasteiger partial charge in [0.2, 0.25) is 0 Å². The van der Waals surface area contributed by atoms with Crippen LogP contribution in [-0.4, -0.2) is 73.6 Å². The highest BCUT2D eigenvalue weighted by Gasteiger charge is 2.46. The van der Waals surface area contributed by atoms with Crippen LogP contribution in [0.15, 0.2) is 0 Å². The first-order chi connectivity index (χ1) is 10.2. The van der Waals surface area contributed by atoms with Gasteiger partial charge in [0, 0.05) is 47.0 Å². The van der Waals surface area contributed by atoms with Crippen LogP contribution in [0.3, 0.4) is 0 Å². The molecule has 2 rings (SSSR count). The first kappa shape index (κ1) is 19.0. The van der Waals surface area contributed by atoms with Gasteiger partial charge in [-0.05, 0) is 32.4 Å². The molecule has 2 aliphatic rings. The summed E-state index contributed by atoms with van der Waals surface area (Å²) in [5, 5.41) is 6.73. The van der Waals surface area contributed by atoms with Crippen LogP contribution in [0.2, 0.25) is 0 Å². The quantitative estimate of drug-likeness (QED) is 0.731. The van der Waals surface area contributed by atoms with Crippen molar-refractivity contribution in [3.63, 3.8) is 0 Å². The molecule has 0 aromatic heterocycles. The third kappa shape index (κ3) is 5.94. The highest BCUT2D eigenvalue weighted by Crippen LogP contribution is 2.19. The molecule has 0 aromatic carbocycles. The van der Waals surface area contributed by atoms with Crippen molar-refractivity contribution in [3.05, 3.63) is 0 Å². The van der Waals surface area contributed by atoms with Gasteiger partial charge < -0.3 is 23.9 Å². The molecule has 0 spiro atoms. The summed E-state index contributed by atoms with van der Waals surface area (Å²) in [6.07, 6.45) is 4.97. The van der Waals surface area contributed by atoms with Gasteiger partial charge >= 0.3 is 8.97 Å². The number of piperazine rings is 1. The van der Waals surface area contributed by atoms with Crippen LogP contribution in [0.25, 0.3) is 0 Å². The van der Waals surface area contributed by atoms with E-state index in [0.29, 0.717) is 0 Å². The minimum atomic E-state index is -2.48. The van der Waals surface area contributed by atoms with Crippen molar-refractivity contribution in [3.8, 4) is 0 Å². The Labute approximate surface area is 131 Å². The summed E-state index contributed by atoms with van der Waals surface area (Å²) in [5.74, 6) is 0. The lowest BCUT2D eigenvalue weighted by Gasteiger charge is -2.37. The molecule has 2 N–H and O–H groups in total. The highest BCUT2D eigenvalue weighted by molar-refractivity contribution is 6.57. The van der Waals surface area contributed by atoms with Crippen LogP contribution in [-0.2, 0) is 13.3 Å². The Morgan fingerprint density at radius 3 is 2.00 bits per heavy atom. The smallest absolute Gasteiger partial charge is 0.364 e.